The van der Waals surface area contributed by atoms with Crippen molar-refractivity contribution in [3.63, 3.8) is 0 Å². The van der Waals surface area contributed by atoms with Gasteiger partial charge in [-0.15, -0.1) is 0 Å². The number of ether oxygens (including phenoxy) is 1. The summed E-state index contributed by atoms with van der Waals surface area (Å²) < 4.78 is 5.71. The van der Waals surface area contributed by atoms with Gasteiger partial charge in [0.1, 0.15) is 5.54 Å². The Bertz CT molecular complexity index is 422. The third kappa shape index (κ3) is 2.77. The van der Waals surface area contributed by atoms with Crippen LogP contribution in [0.25, 0.3) is 0 Å². The maximum atomic E-state index is 12.7. The SMILES string of the molecule is CCN1CCOC(CN2C(=O)NC3(CCCNC3)C2=O)C1. The largest absolute Gasteiger partial charge is 0.374 e. The number of hydrogen-bond acceptors (Lipinski definition) is 5. The van der Waals surface area contributed by atoms with Crippen molar-refractivity contribution < 1.29 is 14.3 Å². The quantitative estimate of drug-likeness (QED) is 0.679. The van der Waals surface area contributed by atoms with Gasteiger partial charge in [0.15, 0.2) is 0 Å². The highest BCUT2D eigenvalue weighted by Gasteiger charge is 2.51. The van der Waals surface area contributed by atoms with Gasteiger partial charge in [0.05, 0.1) is 19.3 Å². The maximum Gasteiger partial charge on any atom is 0.325 e. The lowest BCUT2D eigenvalue weighted by molar-refractivity contribution is -0.134. The van der Waals surface area contributed by atoms with Crippen LogP contribution in [0, 0.1) is 0 Å². The highest BCUT2D eigenvalue weighted by atomic mass is 16.5. The fourth-order valence-corrected chi connectivity index (χ4v) is 3.42. The summed E-state index contributed by atoms with van der Waals surface area (Å²) in [6, 6.07) is -0.277. The molecule has 3 rings (SSSR count). The fraction of sp³-hybridized carbons (Fsp3) is 0.857. The number of rotatable bonds is 3. The summed E-state index contributed by atoms with van der Waals surface area (Å²) in [5.74, 6) is -0.100. The zero-order valence-corrected chi connectivity index (χ0v) is 12.6. The van der Waals surface area contributed by atoms with E-state index in [1.54, 1.807) is 0 Å². The third-order valence-corrected chi connectivity index (χ3v) is 4.69. The second-order valence-electron chi connectivity index (χ2n) is 6.09. The molecule has 0 aliphatic carbocycles. The van der Waals surface area contributed by atoms with Crippen LogP contribution in [0.2, 0.25) is 0 Å². The number of carbonyl (C=O) groups is 2. The first-order valence-electron chi connectivity index (χ1n) is 7.83. The molecule has 0 radical (unpaired) electrons. The summed E-state index contributed by atoms with van der Waals surface area (Å²) in [6.45, 7) is 7.22. The monoisotopic (exact) mass is 296 g/mol. The van der Waals surface area contributed by atoms with Gasteiger partial charge in [0.2, 0.25) is 0 Å². The molecule has 3 heterocycles. The number of nitrogens with one attached hydrogen (secondary N) is 2. The van der Waals surface area contributed by atoms with Crippen molar-refractivity contribution in [3.8, 4) is 0 Å². The summed E-state index contributed by atoms with van der Waals surface area (Å²) in [4.78, 5) is 28.5. The zero-order valence-electron chi connectivity index (χ0n) is 12.6. The molecule has 7 heteroatoms. The first kappa shape index (κ1) is 14.7. The van der Waals surface area contributed by atoms with Crippen molar-refractivity contribution in [3.05, 3.63) is 0 Å². The topological polar surface area (TPSA) is 73.9 Å². The van der Waals surface area contributed by atoms with E-state index in [1.807, 2.05) is 0 Å². The van der Waals surface area contributed by atoms with Crippen LogP contribution in [0.5, 0.6) is 0 Å². The molecule has 2 atom stereocenters. The van der Waals surface area contributed by atoms with Crippen LogP contribution < -0.4 is 10.6 Å². The van der Waals surface area contributed by atoms with Crippen LogP contribution in [0.15, 0.2) is 0 Å². The summed E-state index contributed by atoms with van der Waals surface area (Å²) in [6.07, 6.45) is 1.54. The Balaban J connectivity index is 1.65. The smallest absolute Gasteiger partial charge is 0.325 e. The van der Waals surface area contributed by atoms with E-state index in [2.05, 4.69) is 22.5 Å². The standard InChI is InChI=1S/C14H24N4O3/c1-2-17-6-7-21-11(8-17)9-18-12(19)14(16-13(18)20)4-3-5-15-10-14/h11,15H,2-10H2,1H3,(H,16,20). The van der Waals surface area contributed by atoms with Gasteiger partial charge in [-0.05, 0) is 25.9 Å². The maximum absolute atomic E-state index is 12.7. The van der Waals surface area contributed by atoms with E-state index < -0.39 is 5.54 Å². The predicted octanol–water partition coefficient (Wildman–Crippen LogP) is -0.619. The number of imide groups is 1. The van der Waals surface area contributed by atoms with E-state index in [-0.39, 0.29) is 18.0 Å². The average molecular weight is 296 g/mol. The second kappa shape index (κ2) is 5.90. The van der Waals surface area contributed by atoms with E-state index in [4.69, 9.17) is 4.74 Å². The molecule has 0 bridgehead atoms. The molecule has 7 nitrogen and oxygen atoms in total. The predicted molar refractivity (Wildman–Crippen MR) is 76.9 cm³/mol. The molecule has 118 valence electrons. The first-order chi connectivity index (χ1) is 10.1. The normalized spacial score (nSPS) is 34.5. The minimum absolute atomic E-state index is 0.0832. The number of piperidine rings is 1. The van der Waals surface area contributed by atoms with Gasteiger partial charge in [0, 0.05) is 19.6 Å². The van der Waals surface area contributed by atoms with Crippen LogP contribution in [0.4, 0.5) is 4.79 Å². The van der Waals surface area contributed by atoms with Crippen molar-refractivity contribution in [1.82, 2.24) is 20.4 Å². The lowest BCUT2D eigenvalue weighted by Crippen LogP contribution is -2.57. The summed E-state index contributed by atoms with van der Waals surface area (Å²) >= 11 is 0. The molecule has 1 spiro atoms. The molecule has 2 N–H and O–H groups in total. The Morgan fingerprint density at radius 3 is 3.00 bits per heavy atom. The van der Waals surface area contributed by atoms with Gasteiger partial charge in [0.25, 0.3) is 5.91 Å². The van der Waals surface area contributed by atoms with E-state index in [0.29, 0.717) is 26.1 Å². The highest BCUT2D eigenvalue weighted by Crippen LogP contribution is 2.25. The summed E-state index contributed by atoms with van der Waals surface area (Å²) in [7, 11) is 0. The summed E-state index contributed by atoms with van der Waals surface area (Å²) in [5, 5.41) is 6.10. The number of likely N-dealkylation sites (N-methyl/N-ethyl adjacent to an activating group) is 1. The molecule has 3 aliphatic rings. The Labute approximate surface area is 125 Å². The van der Waals surface area contributed by atoms with Crippen LogP contribution in [-0.4, -0.2) is 79.3 Å². The average Bonchev–Trinajstić information content (AvgIpc) is 2.73. The number of morpholine rings is 1. The van der Waals surface area contributed by atoms with Gasteiger partial charge in [-0.25, -0.2) is 4.79 Å². The van der Waals surface area contributed by atoms with Crippen molar-refractivity contribution >= 4 is 11.9 Å². The van der Waals surface area contributed by atoms with Gasteiger partial charge in [-0.3, -0.25) is 14.6 Å². The van der Waals surface area contributed by atoms with Crippen molar-refractivity contribution in [2.45, 2.75) is 31.4 Å². The molecule has 0 aromatic heterocycles. The molecule has 3 amide bonds. The molecular formula is C14H24N4O3. The molecule has 21 heavy (non-hydrogen) atoms. The lowest BCUT2D eigenvalue weighted by atomic mass is 9.90. The van der Waals surface area contributed by atoms with Crippen LogP contribution >= 0.6 is 0 Å². The Kier molecular flexibility index (Phi) is 4.14. The second-order valence-corrected chi connectivity index (χ2v) is 6.09. The highest BCUT2D eigenvalue weighted by molar-refractivity contribution is 6.07. The fourth-order valence-electron chi connectivity index (χ4n) is 3.42. The Hall–Kier alpha value is -1.18. The Morgan fingerprint density at radius 1 is 1.43 bits per heavy atom. The third-order valence-electron chi connectivity index (χ3n) is 4.69. The lowest BCUT2D eigenvalue weighted by Gasteiger charge is -2.34. The van der Waals surface area contributed by atoms with E-state index in [9.17, 15) is 9.59 Å². The molecule has 2 unspecified atom stereocenters. The zero-order chi connectivity index (χ0) is 14.9. The number of carbonyl (C=O) groups excluding carboxylic acids is 2. The van der Waals surface area contributed by atoms with Gasteiger partial charge < -0.3 is 15.4 Å². The minimum atomic E-state index is -0.728. The van der Waals surface area contributed by atoms with Crippen molar-refractivity contribution in [2.75, 3.05) is 45.9 Å². The van der Waals surface area contributed by atoms with Gasteiger partial charge in [-0.2, -0.15) is 0 Å². The molecule has 3 saturated heterocycles. The minimum Gasteiger partial charge on any atom is -0.374 e. The van der Waals surface area contributed by atoms with E-state index in [1.165, 1.54) is 4.90 Å². The van der Waals surface area contributed by atoms with Crippen molar-refractivity contribution in [2.24, 2.45) is 0 Å². The summed E-state index contributed by atoms with van der Waals surface area (Å²) in [5.41, 5.74) is -0.728. The molecule has 0 aromatic rings. The molecule has 0 saturated carbocycles. The van der Waals surface area contributed by atoms with Gasteiger partial charge >= 0.3 is 6.03 Å². The Morgan fingerprint density at radius 2 is 2.29 bits per heavy atom. The number of nitrogens with zero attached hydrogens (tertiary/aromatic N) is 2. The van der Waals surface area contributed by atoms with Crippen LogP contribution in [0.3, 0.4) is 0 Å². The number of hydrogen-bond donors (Lipinski definition) is 2. The molecule has 3 fully saturated rings. The molecule has 0 aromatic carbocycles. The van der Waals surface area contributed by atoms with Gasteiger partial charge in [-0.1, -0.05) is 6.92 Å². The molecular weight excluding hydrogens is 272 g/mol. The van der Waals surface area contributed by atoms with Crippen LogP contribution in [0.1, 0.15) is 19.8 Å². The first-order valence-corrected chi connectivity index (χ1v) is 7.83. The van der Waals surface area contributed by atoms with Crippen molar-refractivity contribution in [1.29, 1.82) is 0 Å². The van der Waals surface area contributed by atoms with E-state index >= 15 is 0 Å². The molecule has 3 aliphatic heterocycles. The van der Waals surface area contributed by atoms with E-state index in [0.717, 1.165) is 32.6 Å². The van der Waals surface area contributed by atoms with Crippen LogP contribution in [-0.2, 0) is 9.53 Å². The number of amides is 3. The number of urea groups is 1.